The predicted molar refractivity (Wildman–Crippen MR) is 110 cm³/mol. The molecule has 30 heavy (non-hydrogen) atoms. The maximum absolute atomic E-state index is 13.0. The van der Waals surface area contributed by atoms with Crippen LogP contribution in [0.25, 0.3) is 0 Å². The van der Waals surface area contributed by atoms with E-state index in [1.165, 1.54) is 23.4 Å². The molecule has 3 heterocycles. The van der Waals surface area contributed by atoms with Gasteiger partial charge in [0, 0.05) is 44.0 Å². The molecule has 1 aromatic heterocycles. The number of rotatable bonds is 6. The van der Waals surface area contributed by atoms with E-state index in [0.29, 0.717) is 18.9 Å². The second-order valence-corrected chi connectivity index (χ2v) is 8.13. The maximum Gasteiger partial charge on any atom is 0.248 e. The number of likely N-dealkylation sites (tertiary alicyclic amines) is 1. The van der Waals surface area contributed by atoms with Crippen molar-refractivity contribution in [2.45, 2.75) is 38.5 Å². The number of nitrogens with zero attached hydrogens (tertiary/aromatic N) is 4. The van der Waals surface area contributed by atoms with Crippen LogP contribution in [0.5, 0.6) is 5.75 Å². The number of amides is 1. The van der Waals surface area contributed by atoms with Crippen LogP contribution < -0.4 is 4.74 Å². The molecule has 0 radical (unpaired) electrons. The molecular formula is C22H29FN4O3. The first-order valence-electron chi connectivity index (χ1n) is 10.5. The molecule has 2 aromatic rings. The van der Waals surface area contributed by atoms with E-state index >= 15 is 0 Å². The van der Waals surface area contributed by atoms with Gasteiger partial charge in [-0.25, -0.2) is 4.39 Å². The Morgan fingerprint density at radius 3 is 2.63 bits per heavy atom. The van der Waals surface area contributed by atoms with Gasteiger partial charge >= 0.3 is 0 Å². The zero-order valence-electron chi connectivity index (χ0n) is 17.6. The van der Waals surface area contributed by atoms with Gasteiger partial charge in [-0.15, -0.1) is 0 Å². The molecule has 2 aliphatic heterocycles. The first-order chi connectivity index (χ1) is 14.5. The van der Waals surface area contributed by atoms with Gasteiger partial charge in [0.2, 0.25) is 5.91 Å². The van der Waals surface area contributed by atoms with Crippen molar-refractivity contribution >= 4 is 5.91 Å². The normalized spacial score (nSPS) is 21.2. The highest BCUT2D eigenvalue weighted by Gasteiger charge is 2.34. The molecular weight excluding hydrogens is 387 g/mol. The van der Waals surface area contributed by atoms with Crippen LogP contribution in [0.1, 0.15) is 24.1 Å². The van der Waals surface area contributed by atoms with Crippen molar-refractivity contribution in [1.29, 1.82) is 0 Å². The summed E-state index contributed by atoms with van der Waals surface area (Å²) in [5.74, 6) is 0.357. The first kappa shape index (κ1) is 20.8. The molecule has 1 aromatic carbocycles. The first-order valence-corrected chi connectivity index (χ1v) is 10.5. The maximum atomic E-state index is 13.0. The molecule has 0 unspecified atom stereocenters. The lowest BCUT2D eigenvalue weighted by molar-refractivity contribution is -0.155. The van der Waals surface area contributed by atoms with Crippen molar-refractivity contribution in [3.8, 4) is 5.75 Å². The fourth-order valence-electron chi connectivity index (χ4n) is 4.15. The van der Waals surface area contributed by atoms with Crippen LogP contribution in [0, 0.1) is 12.7 Å². The van der Waals surface area contributed by atoms with E-state index in [2.05, 4.69) is 16.9 Å². The highest BCUT2D eigenvalue weighted by atomic mass is 19.1. The van der Waals surface area contributed by atoms with Gasteiger partial charge in [-0.2, -0.15) is 5.10 Å². The molecule has 0 bridgehead atoms. The smallest absolute Gasteiger partial charge is 0.248 e. The van der Waals surface area contributed by atoms with Crippen LogP contribution in [0.2, 0.25) is 0 Å². The summed E-state index contributed by atoms with van der Waals surface area (Å²) in [6.07, 6.45) is 3.68. The van der Waals surface area contributed by atoms with Gasteiger partial charge in [0.1, 0.15) is 30.9 Å². The number of aryl methyl sites for hydroxylation is 1. The van der Waals surface area contributed by atoms with E-state index in [1.54, 1.807) is 12.1 Å². The zero-order chi connectivity index (χ0) is 21.1. The minimum atomic E-state index is -0.293. The summed E-state index contributed by atoms with van der Waals surface area (Å²) >= 11 is 0. The summed E-state index contributed by atoms with van der Waals surface area (Å²) in [5.41, 5.74) is 2.46. The Kier molecular flexibility index (Phi) is 6.34. The molecule has 8 heteroatoms. The molecule has 0 spiro atoms. The van der Waals surface area contributed by atoms with E-state index in [-0.39, 0.29) is 30.5 Å². The number of piperidine rings is 1. The SMILES string of the molecule is Cc1c(CN2CCC(N3C[C@H](COc4ccc(F)cc4)OCC3=O)CC2)cnn1C. The number of morpholine rings is 1. The number of ether oxygens (including phenoxy) is 2. The van der Waals surface area contributed by atoms with E-state index in [1.807, 2.05) is 22.8 Å². The van der Waals surface area contributed by atoms with Crippen molar-refractivity contribution in [3.63, 3.8) is 0 Å². The van der Waals surface area contributed by atoms with Crippen molar-refractivity contribution in [2.24, 2.45) is 7.05 Å². The van der Waals surface area contributed by atoms with Crippen LogP contribution in [0.4, 0.5) is 4.39 Å². The predicted octanol–water partition coefficient (Wildman–Crippen LogP) is 2.14. The van der Waals surface area contributed by atoms with Gasteiger partial charge in [-0.05, 0) is 44.0 Å². The molecule has 1 atom stereocenters. The number of carbonyl (C=O) groups is 1. The molecule has 0 aliphatic carbocycles. The third-order valence-electron chi connectivity index (χ3n) is 6.14. The number of halogens is 1. The van der Waals surface area contributed by atoms with Gasteiger partial charge in [0.05, 0.1) is 12.7 Å². The minimum Gasteiger partial charge on any atom is -0.491 e. The highest BCUT2D eigenvalue weighted by molar-refractivity contribution is 5.78. The Labute approximate surface area is 176 Å². The number of hydrogen-bond donors (Lipinski definition) is 0. The third kappa shape index (κ3) is 4.82. The third-order valence-corrected chi connectivity index (χ3v) is 6.14. The highest BCUT2D eigenvalue weighted by Crippen LogP contribution is 2.22. The molecule has 2 fully saturated rings. The van der Waals surface area contributed by atoms with Crippen LogP contribution in [0.3, 0.4) is 0 Å². The Balaban J connectivity index is 1.27. The summed E-state index contributed by atoms with van der Waals surface area (Å²) < 4.78 is 26.3. The monoisotopic (exact) mass is 416 g/mol. The molecule has 0 saturated carbocycles. The fraction of sp³-hybridized carbons (Fsp3) is 0.545. The number of benzene rings is 1. The minimum absolute atomic E-state index is 0.0505. The molecule has 0 N–H and O–H groups in total. The second kappa shape index (κ2) is 9.14. The van der Waals surface area contributed by atoms with Gasteiger partial charge in [-0.3, -0.25) is 14.4 Å². The van der Waals surface area contributed by atoms with Crippen LogP contribution in [-0.4, -0.2) is 70.5 Å². The summed E-state index contributed by atoms with van der Waals surface area (Å²) in [6, 6.07) is 6.17. The Hall–Kier alpha value is -2.45. The average molecular weight is 416 g/mol. The largest absolute Gasteiger partial charge is 0.491 e. The molecule has 4 rings (SSSR count). The molecule has 2 saturated heterocycles. The lowest BCUT2D eigenvalue weighted by Gasteiger charge is -2.42. The van der Waals surface area contributed by atoms with Gasteiger partial charge in [0.25, 0.3) is 0 Å². The van der Waals surface area contributed by atoms with Gasteiger partial charge in [-0.1, -0.05) is 0 Å². The number of aromatic nitrogens is 2. The fourth-order valence-corrected chi connectivity index (χ4v) is 4.15. The van der Waals surface area contributed by atoms with Gasteiger partial charge < -0.3 is 14.4 Å². The zero-order valence-corrected chi connectivity index (χ0v) is 17.6. The van der Waals surface area contributed by atoms with Crippen molar-refractivity contribution in [1.82, 2.24) is 19.6 Å². The Morgan fingerprint density at radius 2 is 1.97 bits per heavy atom. The van der Waals surface area contributed by atoms with Crippen LogP contribution in [0.15, 0.2) is 30.5 Å². The standard InChI is InChI=1S/C22H29FN4O3/c1-16-17(11-24-25(16)2)12-26-9-7-19(8-10-26)27-13-21(30-15-22(27)28)14-29-20-5-3-18(23)4-6-20/h3-6,11,19,21H,7-10,12-15H2,1-2H3/t21-/m1/s1. The summed E-state index contributed by atoms with van der Waals surface area (Å²) in [7, 11) is 1.96. The Morgan fingerprint density at radius 1 is 1.23 bits per heavy atom. The van der Waals surface area contributed by atoms with Crippen LogP contribution in [-0.2, 0) is 23.1 Å². The molecule has 7 nitrogen and oxygen atoms in total. The topological polar surface area (TPSA) is 59.8 Å². The van der Waals surface area contributed by atoms with Crippen molar-refractivity contribution in [2.75, 3.05) is 32.8 Å². The molecule has 162 valence electrons. The summed E-state index contributed by atoms with van der Waals surface area (Å²) in [5, 5.41) is 4.32. The molecule has 1 amide bonds. The van der Waals surface area contributed by atoms with E-state index in [4.69, 9.17) is 9.47 Å². The lowest BCUT2D eigenvalue weighted by Crippen LogP contribution is -2.55. The van der Waals surface area contributed by atoms with E-state index in [0.717, 1.165) is 32.5 Å². The van der Waals surface area contributed by atoms with Crippen molar-refractivity contribution in [3.05, 3.63) is 47.5 Å². The van der Waals surface area contributed by atoms with Crippen LogP contribution >= 0.6 is 0 Å². The van der Waals surface area contributed by atoms with Crippen molar-refractivity contribution < 1.29 is 18.7 Å². The number of hydrogen-bond acceptors (Lipinski definition) is 5. The average Bonchev–Trinajstić information content (AvgIpc) is 3.07. The number of carbonyl (C=O) groups excluding carboxylic acids is 1. The quantitative estimate of drug-likeness (QED) is 0.722. The second-order valence-electron chi connectivity index (χ2n) is 8.13. The Bertz CT molecular complexity index is 862. The van der Waals surface area contributed by atoms with E-state index < -0.39 is 0 Å². The summed E-state index contributed by atoms with van der Waals surface area (Å²) in [4.78, 5) is 16.9. The molecule has 2 aliphatic rings. The van der Waals surface area contributed by atoms with E-state index in [9.17, 15) is 9.18 Å². The van der Waals surface area contributed by atoms with Gasteiger partial charge in [0.15, 0.2) is 0 Å². The lowest BCUT2D eigenvalue weighted by atomic mass is 10.0. The summed E-state index contributed by atoms with van der Waals surface area (Å²) in [6.45, 7) is 5.88.